The molecule has 0 spiro atoms. The highest BCUT2D eigenvalue weighted by Gasteiger charge is 2.35. The standard InChI is InChI=1S/C37H47N3O8/c1-3-5-17-33(39-37(45)48-25-32-30-15-8-6-13-28(30)29-14-7-9-16-31(29)32)36(44)47-24-27-12-10-19-40(27)35(43)26(11-4-2)23-34(42)38-18-21-46-22-20-41/h3-4,6-9,13-16,26-27,32-33,41H,1-2,5,10-12,17-25H2,(H,38,42)(H,39,45)/t26-,27-,33-/m0/s1. The normalized spacial score (nSPS) is 16.3. The minimum atomic E-state index is -0.956. The first kappa shape index (κ1) is 36.4. The van der Waals surface area contributed by atoms with Crippen molar-refractivity contribution in [3.8, 4) is 11.1 Å². The van der Waals surface area contributed by atoms with Gasteiger partial charge in [0.25, 0.3) is 0 Å². The molecule has 0 bridgehead atoms. The molecule has 11 nitrogen and oxygen atoms in total. The van der Waals surface area contributed by atoms with Crippen LogP contribution < -0.4 is 10.6 Å². The number of carbonyl (C=O) groups excluding carboxylic acids is 4. The van der Waals surface area contributed by atoms with Gasteiger partial charge in [-0.25, -0.2) is 9.59 Å². The van der Waals surface area contributed by atoms with Gasteiger partial charge >= 0.3 is 12.1 Å². The van der Waals surface area contributed by atoms with E-state index in [0.29, 0.717) is 25.8 Å². The van der Waals surface area contributed by atoms with Crippen LogP contribution in [-0.4, -0.2) is 92.1 Å². The van der Waals surface area contributed by atoms with Crippen molar-refractivity contribution in [1.29, 1.82) is 0 Å². The molecule has 1 aliphatic carbocycles. The zero-order valence-corrected chi connectivity index (χ0v) is 27.4. The molecule has 2 aromatic carbocycles. The van der Waals surface area contributed by atoms with Gasteiger partial charge in [0.2, 0.25) is 11.8 Å². The van der Waals surface area contributed by atoms with Crippen LogP contribution in [0.25, 0.3) is 11.1 Å². The van der Waals surface area contributed by atoms with E-state index in [2.05, 4.69) is 35.9 Å². The highest BCUT2D eigenvalue weighted by molar-refractivity contribution is 5.86. The topological polar surface area (TPSA) is 144 Å². The van der Waals surface area contributed by atoms with Crippen molar-refractivity contribution in [2.45, 2.75) is 56.5 Å². The van der Waals surface area contributed by atoms with Crippen LogP contribution >= 0.6 is 0 Å². The smallest absolute Gasteiger partial charge is 0.407 e. The van der Waals surface area contributed by atoms with Crippen LogP contribution in [0.5, 0.6) is 0 Å². The van der Waals surface area contributed by atoms with Crippen molar-refractivity contribution in [2.24, 2.45) is 5.92 Å². The van der Waals surface area contributed by atoms with Crippen molar-refractivity contribution in [2.75, 3.05) is 46.1 Å². The molecule has 2 aromatic rings. The molecule has 258 valence electrons. The summed E-state index contributed by atoms with van der Waals surface area (Å²) in [6.07, 6.45) is 5.00. The van der Waals surface area contributed by atoms with Crippen molar-refractivity contribution in [3.63, 3.8) is 0 Å². The fourth-order valence-electron chi connectivity index (χ4n) is 6.33. The second kappa shape index (κ2) is 18.8. The Kier molecular flexibility index (Phi) is 14.2. The summed E-state index contributed by atoms with van der Waals surface area (Å²) in [5.41, 5.74) is 4.41. The van der Waals surface area contributed by atoms with E-state index in [0.717, 1.165) is 28.7 Å². The largest absolute Gasteiger partial charge is 0.462 e. The van der Waals surface area contributed by atoms with E-state index in [9.17, 15) is 19.2 Å². The first-order chi connectivity index (χ1) is 23.4. The van der Waals surface area contributed by atoms with Gasteiger partial charge in [-0.05, 0) is 54.4 Å². The van der Waals surface area contributed by atoms with E-state index in [-0.39, 0.29) is 76.2 Å². The number of ether oxygens (including phenoxy) is 3. The van der Waals surface area contributed by atoms with Crippen LogP contribution in [-0.2, 0) is 28.6 Å². The maximum absolute atomic E-state index is 13.5. The summed E-state index contributed by atoms with van der Waals surface area (Å²) < 4.78 is 16.5. The Hall–Kier alpha value is -4.48. The minimum absolute atomic E-state index is 0.0124. The van der Waals surface area contributed by atoms with Gasteiger partial charge in [0.05, 0.1) is 31.8 Å². The monoisotopic (exact) mass is 661 g/mol. The fourth-order valence-corrected chi connectivity index (χ4v) is 6.33. The minimum Gasteiger partial charge on any atom is -0.462 e. The zero-order chi connectivity index (χ0) is 34.3. The second-order valence-corrected chi connectivity index (χ2v) is 12.0. The molecule has 11 heteroatoms. The van der Waals surface area contributed by atoms with Crippen molar-refractivity contribution < 1.29 is 38.5 Å². The summed E-state index contributed by atoms with van der Waals surface area (Å²) in [6.45, 7) is 8.67. The summed E-state index contributed by atoms with van der Waals surface area (Å²) in [4.78, 5) is 53.9. The summed E-state index contributed by atoms with van der Waals surface area (Å²) in [6, 6.07) is 14.8. The van der Waals surface area contributed by atoms with Gasteiger partial charge < -0.3 is 34.9 Å². The number of allylic oxidation sites excluding steroid dienone is 2. The number of aliphatic hydroxyl groups excluding tert-OH is 1. The van der Waals surface area contributed by atoms with Crippen molar-refractivity contribution >= 4 is 23.9 Å². The number of carbonyl (C=O) groups is 4. The van der Waals surface area contributed by atoms with Crippen molar-refractivity contribution in [3.05, 3.63) is 85.0 Å². The van der Waals surface area contributed by atoms with Gasteiger partial charge in [-0.3, -0.25) is 9.59 Å². The molecule has 3 N–H and O–H groups in total. The van der Waals surface area contributed by atoms with Crippen LogP contribution in [0.1, 0.15) is 55.6 Å². The van der Waals surface area contributed by atoms with E-state index in [4.69, 9.17) is 19.3 Å². The molecule has 3 amide bonds. The molecule has 3 atom stereocenters. The Labute approximate surface area is 282 Å². The summed E-state index contributed by atoms with van der Waals surface area (Å²) in [7, 11) is 0. The Morgan fingerprint density at radius 2 is 1.67 bits per heavy atom. The van der Waals surface area contributed by atoms with Gasteiger partial charge in [-0.1, -0.05) is 60.7 Å². The number of nitrogens with zero attached hydrogens (tertiary/aromatic N) is 1. The third-order valence-corrected chi connectivity index (χ3v) is 8.69. The summed E-state index contributed by atoms with van der Waals surface area (Å²) in [5.74, 6) is -1.81. The van der Waals surface area contributed by atoms with Crippen LogP contribution in [0.3, 0.4) is 0 Å². The Morgan fingerprint density at radius 1 is 0.958 bits per heavy atom. The maximum atomic E-state index is 13.5. The highest BCUT2D eigenvalue weighted by Crippen LogP contribution is 2.44. The third-order valence-electron chi connectivity index (χ3n) is 8.69. The Balaban J connectivity index is 1.30. The summed E-state index contributed by atoms with van der Waals surface area (Å²) in [5, 5.41) is 14.2. The quantitative estimate of drug-likeness (QED) is 0.116. The number of nitrogens with one attached hydrogen (secondary N) is 2. The number of benzene rings is 2. The number of fused-ring (bicyclic) bond motifs is 3. The first-order valence-corrected chi connectivity index (χ1v) is 16.6. The van der Waals surface area contributed by atoms with Gasteiger partial charge in [-0.2, -0.15) is 0 Å². The Bertz CT molecular complexity index is 1380. The zero-order valence-electron chi connectivity index (χ0n) is 27.4. The predicted molar refractivity (Wildman–Crippen MR) is 181 cm³/mol. The molecule has 1 aliphatic heterocycles. The number of amides is 3. The van der Waals surface area contributed by atoms with E-state index in [1.54, 1.807) is 17.1 Å². The van der Waals surface area contributed by atoms with E-state index >= 15 is 0 Å². The van der Waals surface area contributed by atoms with Crippen LogP contribution in [0.4, 0.5) is 4.79 Å². The molecule has 2 aliphatic rings. The van der Waals surface area contributed by atoms with E-state index in [1.807, 2.05) is 36.4 Å². The maximum Gasteiger partial charge on any atom is 0.407 e. The molecule has 0 unspecified atom stereocenters. The number of likely N-dealkylation sites (tertiary alicyclic amines) is 1. The number of rotatable bonds is 19. The van der Waals surface area contributed by atoms with Crippen LogP contribution in [0.2, 0.25) is 0 Å². The van der Waals surface area contributed by atoms with E-state index < -0.39 is 24.0 Å². The molecule has 0 saturated carbocycles. The fraction of sp³-hybridized carbons (Fsp3) is 0.459. The molecular weight excluding hydrogens is 614 g/mol. The molecule has 1 fully saturated rings. The molecule has 48 heavy (non-hydrogen) atoms. The number of hydrogen-bond acceptors (Lipinski definition) is 8. The van der Waals surface area contributed by atoms with Crippen LogP contribution in [0.15, 0.2) is 73.8 Å². The average Bonchev–Trinajstić information content (AvgIpc) is 3.70. The first-order valence-electron chi connectivity index (χ1n) is 16.6. The van der Waals surface area contributed by atoms with Gasteiger partial charge in [0.15, 0.2) is 0 Å². The molecule has 4 rings (SSSR count). The lowest BCUT2D eigenvalue weighted by Gasteiger charge is -2.28. The van der Waals surface area contributed by atoms with E-state index in [1.165, 1.54) is 0 Å². The lowest BCUT2D eigenvalue weighted by atomic mass is 9.98. The van der Waals surface area contributed by atoms with Crippen LogP contribution in [0, 0.1) is 5.92 Å². The Morgan fingerprint density at radius 3 is 2.33 bits per heavy atom. The molecule has 1 heterocycles. The number of esters is 1. The van der Waals surface area contributed by atoms with Crippen molar-refractivity contribution in [1.82, 2.24) is 15.5 Å². The van der Waals surface area contributed by atoms with Gasteiger partial charge in [0.1, 0.15) is 19.3 Å². The molecular formula is C37H47N3O8. The summed E-state index contributed by atoms with van der Waals surface area (Å²) >= 11 is 0. The molecule has 0 radical (unpaired) electrons. The number of alkyl carbamates (subject to hydrolysis) is 1. The predicted octanol–water partition coefficient (Wildman–Crippen LogP) is 4.10. The number of hydrogen-bond donors (Lipinski definition) is 3. The second-order valence-electron chi connectivity index (χ2n) is 12.0. The third kappa shape index (κ3) is 9.77. The molecule has 0 aromatic heterocycles. The van der Waals surface area contributed by atoms with Gasteiger partial charge in [0, 0.05) is 25.4 Å². The highest BCUT2D eigenvalue weighted by atomic mass is 16.6. The lowest BCUT2D eigenvalue weighted by molar-refractivity contribution is -0.150. The SMILES string of the molecule is C=CCC[C@H](NC(=O)OCC1c2ccccc2-c2ccccc21)C(=O)OC[C@@H]1CCCN1C(=O)[C@@H](CC=C)CC(=O)NCCOCCO. The number of aliphatic hydroxyl groups is 1. The molecule has 1 saturated heterocycles. The average molecular weight is 662 g/mol. The lowest BCUT2D eigenvalue weighted by Crippen LogP contribution is -2.46. The van der Waals surface area contributed by atoms with Gasteiger partial charge in [-0.15, -0.1) is 13.2 Å².